The summed E-state index contributed by atoms with van der Waals surface area (Å²) in [5, 5.41) is 16.1. The van der Waals surface area contributed by atoms with Crippen LogP contribution in [0.5, 0.6) is 0 Å². The number of unbranched alkanes of at least 4 members (excludes halogenated alkanes) is 1. The van der Waals surface area contributed by atoms with E-state index in [-0.39, 0.29) is 47.2 Å². The van der Waals surface area contributed by atoms with Crippen LogP contribution in [0, 0.1) is 0 Å². The third-order valence-electron chi connectivity index (χ3n) is 8.11. The number of nitrogens with one attached hydrogen (secondary N) is 2. The molecule has 0 aliphatic heterocycles. The molecule has 0 aliphatic carbocycles. The summed E-state index contributed by atoms with van der Waals surface area (Å²) in [7, 11) is -0.606. The van der Waals surface area contributed by atoms with E-state index in [0.29, 0.717) is 31.6 Å². The summed E-state index contributed by atoms with van der Waals surface area (Å²) in [6.07, 6.45) is 2.03. The fourth-order valence-electron chi connectivity index (χ4n) is 5.60. The van der Waals surface area contributed by atoms with Gasteiger partial charge in [-0.1, -0.05) is 87.9 Å². The predicted octanol–water partition coefficient (Wildman–Crippen LogP) is 4.49. The average molecular weight is 708 g/mol. The molecule has 3 N–H and O–H groups in total. The minimum atomic E-state index is -3.80. The molecule has 2 unspecified atom stereocenters. The zero-order valence-electron chi connectivity index (χ0n) is 30.0. The molecule has 11 nitrogen and oxygen atoms in total. The Balaban J connectivity index is 1.94. The predicted molar refractivity (Wildman–Crippen MR) is 197 cm³/mol. The van der Waals surface area contributed by atoms with Gasteiger partial charge in [0.25, 0.3) is 17.7 Å². The van der Waals surface area contributed by atoms with Crippen molar-refractivity contribution in [3.63, 3.8) is 0 Å². The molecule has 0 fully saturated rings. The second-order valence-corrected chi connectivity index (χ2v) is 14.5. The number of aliphatic hydroxyl groups excluding tert-OH is 1. The number of carbonyl (C=O) groups is 3. The second kappa shape index (κ2) is 19.9. The summed E-state index contributed by atoms with van der Waals surface area (Å²) in [6.45, 7) is 7.28. The summed E-state index contributed by atoms with van der Waals surface area (Å²) in [5.74, 6) is -1.43. The summed E-state index contributed by atoms with van der Waals surface area (Å²) < 4.78 is 26.3. The Labute approximate surface area is 297 Å². The first-order valence-corrected chi connectivity index (χ1v) is 19.0. The number of nitrogens with zero attached hydrogens (tertiary/aromatic N) is 3. The normalized spacial score (nSPS) is 12.7. The van der Waals surface area contributed by atoms with Crippen LogP contribution in [0.3, 0.4) is 0 Å². The van der Waals surface area contributed by atoms with E-state index in [1.165, 1.54) is 28.1 Å². The van der Waals surface area contributed by atoms with Crippen LogP contribution in [0.2, 0.25) is 0 Å². The summed E-state index contributed by atoms with van der Waals surface area (Å²) in [5.41, 5.74) is 2.00. The molecule has 3 aromatic carbocycles. The number of hydrogen-bond acceptors (Lipinski definition) is 7. The quantitative estimate of drug-likeness (QED) is 0.147. The van der Waals surface area contributed by atoms with Crippen molar-refractivity contribution in [1.29, 1.82) is 0 Å². The highest BCUT2D eigenvalue weighted by Gasteiger charge is 2.28. The molecule has 3 amide bonds. The first-order chi connectivity index (χ1) is 23.9. The number of hydrogen-bond donors (Lipinski definition) is 3. The lowest BCUT2D eigenvalue weighted by molar-refractivity contribution is 0.0614. The number of amides is 3. The molecule has 0 aromatic heterocycles. The van der Waals surface area contributed by atoms with Crippen molar-refractivity contribution < 1.29 is 27.9 Å². The highest BCUT2D eigenvalue weighted by atomic mass is 32.2. The molecule has 0 heterocycles. The van der Waals surface area contributed by atoms with Gasteiger partial charge in [0.05, 0.1) is 17.9 Å². The van der Waals surface area contributed by atoms with Crippen LogP contribution in [0.1, 0.15) is 88.7 Å². The van der Waals surface area contributed by atoms with Crippen molar-refractivity contribution in [1.82, 2.24) is 25.0 Å². The van der Waals surface area contributed by atoms with E-state index in [9.17, 15) is 27.9 Å². The number of sulfonamides is 1. The van der Waals surface area contributed by atoms with Gasteiger partial charge in [-0.25, -0.2) is 13.4 Å². The van der Waals surface area contributed by atoms with E-state index in [2.05, 4.69) is 10.1 Å². The zero-order valence-corrected chi connectivity index (χ0v) is 30.8. The topological polar surface area (TPSA) is 139 Å². The summed E-state index contributed by atoms with van der Waals surface area (Å²) in [4.78, 5) is 46.4. The van der Waals surface area contributed by atoms with Gasteiger partial charge in [0.15, 0.2) is 0 Å². The molecule has 0 spiro atoms. The van der Waals surface area contributed by atoms with Gasteiger partial charge in [-0.05, 0) is 55.0 Å². The second-order valence-electron chi connectivity index (χ2n) is 12.8. The number of hydrazine groups is 1. The minimum Gasteiger partial charge on any atom is -0.390 e. The average Bonchev–Trinajstić information content (AvgIpc) is 3.09. The maximum atomic E-state index is 14.0. The van der Waals surface area contributed by atoms with Gasteiger partial charge in [-0.15, -0.1) is 4.83 Å². The fourth-order valence-corrected chi connectivity index (χ4v) is 6.86. The number of benzene rings is 3. The van der Waals surface area contributed by atoms with Crippen LogP contribution in [-0.2, 0) is 22.2 Å². The van der Waals surface area contributed by atoms with E-state index in [0.717, 1.165) is 24.8 Å². The van der Waals surface area contributed by atoms with Gasteiger partial charge in [0, 0.05) is 57.0 Å². The molecule has 0 aliphatic rings. The van der Waals surface area contributed by atoms with Crippen LogP contribution in [0.25, 0.3) is 0 Å². The highest BCUT2D eigenvalue weighted by molar-refractivity contribution is 7.88. The van der Waals surface area contributed by atoms with Crippen LogP contribution in [0.15, 0.2) is 78.9 Å². The Bertz CT molecular complexity index is 1630. The van der Waals surface area contributed by atoms with Gasteiger partial charge in [-0.3, -0.25) is 14.4 Å². The van der Waals surface area contributed by atoms with Crippen molar-refractivity contribution in [2.24, 2.45) is 0 Å². The SMILES string of the molecule is CCCCN(CC(O)C(Cc1ccccc1)NC(=O)c1cc(C(=O)N(C)C)cc(C(=O)N(CCC)CCC)c1)NS(=O)(=O)Cc1ccccc1. The Morgan fingerprint density at radius 3 is 1.82 bits per heavy atom. The van der Waals surface area contributed by atoms with Gasteiger partial charge in [0.2, 0.25) is 10.0 Å². The highest BCUT2D eigenvalue weighted by Crippen LogP contribution is 2.17. The van der Waals surface area contributed by atoms with Gasteiger partial charge in [-0.2, -0.15) is 0 Å². The molecule has 0 saturated carbocycles. The molecular weight excluding hydrogens is 655 g/mol. The van der Waals surface area contributed by atoms with Gasteiger partial charge in [0.1, 0.15) is 0 Å². The van der Waals surface area contributed by atoms with Gasteiger partial charge >= 0.3 is 0 Å². The lowest BCUT2D eigenvalue weighted by atomic mass is 9.99. The van der Waals surface area contributed by atoms with Crippen molar-refractivity contribution in [3.8, 4) is 0 Å². The van der Waals surface area contributed by atoms with Crippen molar-refractivity contribution in [3.05, 3.63) is 107 Å². The number of rotatable bonds is 20. The molecule has 2 atom stereocenters. The molecule has 12 heteroatoms. The Kier molecular flexibility index (Phi) is 16.1. The molecule has 272 valence electrons. The number of carbonyl (C=O) groups excluding carboxylic acids is 3. The Morgan fingerprint density at radius 2 is 1.28 bits per heavy atom. The smallest absolute Gasteiger partial charge is 0.253 e. The van der Waals surface area contributed by atoms with Crippen molar-refractivity contribution in [2.45, 2.75) is 70.8 Å². The lowest BCUT2D eigenvalue weighted by Gasteiger charge is -2.30. The van der Waals surface area contributed by atoms with E-state index < -0.39 is 28.1 Å². The van der Waals surface area contributed by atoms with E-state index in [4.69, 9.17) is 0 Å². The molecule has 0 radical (unpaired) electrons. The zero-order chi connectivity index (χ0) is 36.7. The van der Waals surface area contributed by atoms with Crippen molar-refractivity contribution >= 4 is 27.7 Å². The molecule has 3 rings (SSSR count). The third kappa shape index (κ3) is 12.7. The lowest BCUT2D eigenvalue weighted by Crippen LogP contribution is -2.53. The molecular formula is C38H53N5O6S. The Morgan fingerprint density at radius 1 is 0.740 bits per heavy atom. The van der Waals surface area contributed by atoms with E-state index in [1.807, 2.05) is 57.2 Å². The summed E-state index contributed by atoms with van der Waals surface area (Å²) >= 11 is 0. The molecule has 0 bridgehead atoms. The van der Waals surface area contributed by atoms with Crippen LogP contribution in [0.4, 0.5) is 0 Å². The first kappa shape index (κ1) is 40.3. The van der Waals surface area contributed by atoms with Crippen LogP contribution >= 0.6 is 0 Å². The first-order valence-electron chi connectivity index (χ1n) is 17.3. The van der Waals surface area contributed by atoms with Crippen LogP contribution < -0.4 is 10.1 Å². The van der Waals surface area contributed by atoms with E-state index >= 15 is 0 Å². The molecule has 3 aromatic rings. The number of aliphatic hydroxyl groups is 1. The van der Waals surface area contributed by atoms with E-state index in [1.54, 1.807) is 43.3 Å². The monoisotopic (exact) mass is 707 g/mol. The largest absolute Gasteiger partial charge is 0.390 e. The maximum absolute atomic E-state index is 14.0. The Hall–Kier alpha value is -4.10. The maximum Gasteiger partial charge on any atom is 0.253 e. The van der Waals surface area contributed by atoms with Crippen molar-refractivity contribution in [2.75, 3.05) is 40.3 Å². The fraction of sp³-hybridized carbons (Fsp3) is 0.447. The third-order valence-corrected chi connectivity index (χ3v) is 9.36. The molecule has 0 saturated heterocycles. The van der Waals surface area contributed by atoms with Crippen LogP contribution in [-0.4, -0.2) is 98.5 Å². The minimum absolute atomic E-state index is 0.0995. The standard InChI is InChI=1S/C38H53N5O6S/c1-6-9-22-43(40-50(48,49)28-30-18-14-11-15-19-30)27-35(44)34(23-29-16-12-10-13-17-29)39-36(45)31-24-32(37(46)41(4)5)26-33(25-31)38(47)42(20-7-2)21-8-3/h10-19,24-26,34-35,40,44H,6-9,20-23,27-28H2,1-5H3,(H,39,45). The van der Waals surface area contributed by atoms with Gasteiger partial charge < -0.3 is 20.2 Å². The molecule has 50 heavy (non-hydrogen) atoms. The summed E-state index contributed by atoms with van der Waals surface area (Å²) in [6, 6.07) is 21.8.